The first-order valence-corrected chi connectivity index (χ1v) is 8.98. The number of ether oxygens (including phenoxy) is 1. The number of benzene rings is 1. The highest BCUT2D eigenvalue weighted by Gasteiger charge is 2.36. The molecule has 3 heterocycles. The second kappa shape index (κ2) is 6.00. The molecule has 0 amide bonds. The number of aromatic nitrogens is 3. The fourth-order valence-electron chi connectivity index (χ4n) is 3.14. The lowest BCUT2D eigenvalue weighted by atomic mass is 10.0. The zero-order valence-electron chi connectivity index (χ0n) is 14.2. The van der Waals surface area contributed by atoms with Crippen molar-refractivity contribution in [2.24, 2.45) is 0 Å². The zero-order chi connectivity index (χ0) is 17.6. The van der Waals surface area contributed by atoms with Crippen molar-refractivity contribution in [3.8, 4) is 0 Å². The summed E-state index contributed by atoms with van der Waals surface area (Å²) >= 11 is 1.52. The van der Waals surface area contributed by atoms with Crippen LogP contribution < -0.4 is 5.32 Å². The normalized spacial score (nSPS) is 16.9. The third kappa shape index (κ3) is 2.60. The van der Waals surface area contributed by atoms with Gasteiger partial charge < -0.3 is 10.1 Å². The number of carbonyl (C=O) groups is 1. The van der Waals surface area contributed by atoms with E-state index in [9.17, 15) is 4.79 Å². The van der Waals surface area contributed by atoms with E-state index in [1.54, 1.807) is 11.7 Å². The molecule has 1 unspecified atom stereocenters. The lowest BCUT2D eigenvalue weighted by molar-refractivity contribution is -0.143. The van der Waals surface area contributed by atoms with Crippen molar-refractivity contribution < 1.29 is 9.53 Å². The molecule has 1 aromatic carbocycles. The highest BCUT2D eigenvalue weighted by molar-refractivity contribution is 7.09. The summed E-state index contributed by atoms with van der Waals surface area (Å²) in [5.74, 6) is 0.403. The molecule has 4 rings (SSSR count). The number of esters is 1. The average Bonchev–Trinajstić information content (AvgIpc) is 3.20. The first-order valence-electron chi connectivity index (χ1n) is 8.10. The number of nitrogens with one attached hydrogen (secondary N) is 1. The van der Waals surface area contributed by atoms with Crippen molar-refractivity contribution in [3.05, 3.63) is 52.1 Å². The van der Waals surface area contributed by atoms with Crippen LogP contribution in [0.2, 0.25) is 0 Å². The number of allylic oxidation sites excluding steroid dienone is 1. The van der Waals surface area contributed by atoms with Gasteiger partial charge in [-0.2, -0.15) is 0 Å². The van der Waals surface area contributed by atoms with E-state index >= 15 is 0 Å². The van der Waals surface area contributed by atoms with Crippen molar-refractivity contribution in [3.63, 3.8) is 0 Å². The highest BCUT2D eigenvalue weighted by Crippen LogP contribution is 2.40. The summed E-state index contributed by atoms with van der Waals surface area (Å²) in [5.41, 5.74) is 4.97. The van der Waals surface area contributed by atoms with Gasteiger partial charge >= 0.3 is 5.97 Å². The first kappa shape index (κ1) is 15.8. The Balaban J connectivity index is 1.94. The molecule has 1 N–H and O–H groups in total. The van der Waals surface area contributed by atoms with E-state index in [-0.39, 0.29) is 18.1 Å². The van der Waals surface area contributed by atoms with Crippen LogP contribution in [-0.2, 0) is 9.53 Å². The van der Waals surface area contributed by atoms with E-state index in [1.807, 2.05) is 49.6 Å². The van der Waals surface area contributed by atoms with Crippen LogP contribution in [0.25, 0.3) is 11.0 Å². The van der Waals surface area contributed by atoms with Crippen LogP contribution in [0.1, 0.15) is 31.7 Å². The number of hydrogen-bond donors (Lipinski definition) is 1. The minimum absolute atomic E-state index is 0.184. The molecular weight excluding hydrogens is 336 g/mol. The number of imidazole rings is 1. The van der Waals surface area contributed by atoms with Gasteiger partial charge in [0, 0.05) is 11.9 Å². The average molecular weight is 354 g/mol. The topological polar surface area (TPSA) is 69.0 Å². The molecule has 1 aliphatic rings. The van der Waals surface area contributed by atoms with Crippen molar-refractivity contribution in [1.29, 1.82) is 0 Å². The SMILES string of the molecule is CC1=C(C(=O)OC(C)C)C(c2cncs2)n2c(nc3ccccc32)N1. The fraction of sp³-hybridized carbons (Fsp3) is 0.278. The van der Waals surface area contributed by atoms with Crippen molar-refractivity contribution in [2.45, 2.75) is 32.9 Å². The summed E-state index contributed by atoms with van der Waals surface area (Å²) in [6.45, 7) is 5.58. The molecule has 0 fully saturated rings. The summed E-state index contributed by atoms with van der Waals surface area (Å²) in [6, 6.07) is 7.60. The molecule has 6 nitrogen and oxygen atoms in total. The summed E-state index contributed by atoms with van der Waals surface area (Å²) in [4.78, 5) is 22.7. The van der Waals surface area contributed by atoms with Gasteiger partial charge in [-0.05, 0) is 32.9 Å². The number of para-hydroxylation sites is 2. The maximum absolute atomic E-state index is 12.8. The van der Waals surface area contributed by atoms with Gasteiger partial charge in [-0.15, -0.1) is 11.3 Å². The number of fused-ring (bicyclic) bond motifs is 3. The fourth-order valence-corrected chi connectivity index (χ4v) is 3.85. The van der Waals surface area contributed by atoms with E-state index in [0.717, 1.165) is 27.6 Å². The molecule has 2 aromatic heterocycles. The van der Waals surface area contributed by atoms with E-state index in [0.29, 0.717) is 5.57 Å². The van der Waals surface area contributed by atoms with E-state index in [4.69, 9.17) is 4.74 Å². The number of thiazole rings is 1. The Bertz CT molecular complexity index is 972. The minimum Gasteiger partial charge on any atom is -0.459 e. The van der Waals surface area contributed by atoms with Gasteiger partial charge in [-0.1, -0.05) is 12.1 Å². The number of rotatable bonds is 3. The smallest absolute Gasteiger partial charge is 0.338 e. The van der Waals surface area contributed by atoms with Crippen molar-refractivity contribution in [1.82, 2.24) is 14.5 Å². The van der Waals surface area contributed by atoms with Gasteiger partial charge in [0.05, 0.1) is 33.1 Å². The number of nitrogens with zero attached hydrogens (tertiary/aromatic N) is 3. The molecule has 0 aliphatic carbocycles. The summed E-state index contributed by atoms with van der Waals surface area (Å²) in [6.07, 6.45) is 1.62. The van der Waals surface area contributed by atoms with Crippen molar-refractivity contribution >= 4 is 34.3 Å². The van der Waals surface area contributed by atoms with Gasteiger partial charge in [-0.3, -0.25) is 9.55 Å². The van der Waals surface area contributed by atoms with Crippen LogP contribution in [-0.4, -0.2) is 26.6 Å². The maximum atomic E-state index is 12.8. The monoisotopic (exact) mass is 354 g/mol. The van der Waals surface area contributed by atoms with E-state index < -0.39 is 0 Å². The molecule has 0 bridgehead atoms. The Morgan fingerprint density at radius 1 is 1.36 bits per heavy atom. The van der Waals surface area contributed by atoms with Crippen LogP contribution in [0, 0.1) is 0 Å². The largest absolute Gasteiger partial charge is 0.459 e. The second-order valence-corrected chi connectivity index (χ2v) is 7.14. The molecule has 1 aliphatic heterocycles. The second-order valence-electron chi connectivity index (χ2n) is 6.22. The lowest BCUT2D eigenvalue weighted by Gasteiger charge is -2.29. The molecule has 1 atom stereocenters. The minimum atomic E-state index is -0.318. The van der Waals surface area contributed by atoms with Gasteiger partial charge in [0.15, 0.2) is 0 Å². The maximum Gasteiger partial charge on any atom is 0.338 e. The number of carbonyl (C=O) groups excluding carboxylic acids is 1. The molecule has 7 heteroatoms. The van der Waals surface area contributed by atoms with Crippen molar-refractivity contribution in [2.75, 3.05) is 5.32 Å². The molecule has 25 heavy (non-hydrogen) atoms. The van der Waals surface area contributed by atoms with Crippen LogP contribution in [0.5, 0.6) is 0 Å². The Morgan fingerprint density at radius 2 is 2.16 bits per heavy atom. The predicted molar refractivity (Wildman–Crippen MR) is 97.5 cm³/mol. The summed E-state index contributed by atoms with van der Waals surface area (Å²) < 4.78 is 7.55. The third-order valence-electron chi connectivity index (χ3n) is 4.11. The Hall–Kier alpha value is -2.67. The van der Waals surface area contributed by atoms with Crippen LogP contribution >= 0.6 is 11.3 Å². The molecule has 3 aromatic rings. The first-order chi connectivity index (χ1) is 12.1. The predicted octanol–water partition coefficient (Wildman–Crippen LogP) is 3.73. The number of anilines is 1. The van der Waals surface area contributed by atoms with Crippen LogP contribution in [0.15, 0.2) is 47.2 Å². The Kier molecular flexibility index (Phi) is 3.80. The van der Waals surface area contributed by atoms with Gasteiger partial charge in [-0.25, -0.2) is 9.78 Å². The zero-order valence-corrected chi connectivity index (χ0v) is 15.0. The quantitative estimate of drug-likeness (QED) is 0.726. The summed E-state index contributed by atoms with van der Waals surface area (Å²) in [5, 5.41) is 3.26. The molecular formula is C18H18N4O2S. The molecule has 0 radical (unpaired) electrons. The number of hydrogen-bond acceptors (Lipinski definition) is 6. The third-order valence-corrected chi connectivity index (χ3v) is 4.94. The van der Waals surface area contributed by atoms with Gasteiger partial charge in [0.25, 0.3) is 0 Å². The van der Waals surface area contributed by atoms with Gasteiger partial charge in [0.1, 0.15) is 6.04 Å². The lowest BCUT2D eigenvalue weighted by Crippen LogP contribution is -2.29. The highest BCUT2D eigenvalue weighted by atomic mass is 32.1. The molecule has 128 valence electrons. The summed E-state index contributed by atoms with van der Waals surface area (Å²) in [7, 11) is 0. The van der Waals surface area contributed by atoms with E-state index in [2.05, 4.69) is 15.3 Å². The molecule has 0 saturated carbocycles. The van der Waals surface area contributed by atoms with Crippen LogP contribution in [0.3, 0.4) is 0 Å². The van der Waals surface area contributed by atoms with Gasteiger partial charge in [0.2, 0.25) is 5.95 Å². The van der Waals surface area contributed by atoms with Crippen LogP contribution in [0.4, 0.5) is 5.95 Å². The molecule has 0 saturated heterocycles. The molecule has 0 spiro atoms. The standard InChI is InChI=1S/C18H18N4O2S/c1-10(2)24-17(23)15-11(3)20-18-21-12-6-4-5-7-13(12)22(18)16(15)14-8-19-9-25-14/h4-10,16H,1-3H3,(H,20,21). The Labute approximate surface area is 149 Å². The van der Waals surface area contributed by atoms with E-state index in [1.165, 1.54) is 11.3 Å². The Morgan fingerprint density at radius 3 is 2.88 bits per heavy atom.